The van der Waals surface area contributed by atoms with Crippen molar-refractivity contribution in [2.24, 2.45) is 17.3 Å². The van der Waals surface area contributed by atoms with Gasteiger partial charge in [0.05, 0.1) is 11.4 Å². The summed E-state index contributed by atoms with van der Waals surface area (Å²) in [6.07, 6.45) is 1.72. The third kappa shape index (κ3) is 3.85. The third-order valence-corrected chi connectivity index (χ3v) is 8.65. The molecule has 2 aromatic heterocycles. The maximum atomic E-state index is 14.2. The van der Waals surface area contributed by atoms with E-state index in [0.29, 0.717) is 29.4 Å². The summed E-state index contributed by atoms with van der Waals surface area (Å²) in [5.74, 6) is -0.226. The average molecular weight is 499 g/mol. The Balaban J connectivity index is 1.54. The van der Waals surface area contributed by atoms with E-state index in [9.17, 15) is 27.4 Å². The molecule has 3 N–H and O–H groups in total. The molecule has 3 saturated carbocycles. The quantitative estimate of drug-likeness (QED) is 0.412. The first-order valence-electron chi connectivity index (χ1n) is 11.3. The van der Waals surface area contributed by atoms with E-state index in [2.05, 4.69) is 17.3 Å². The minimum atomic E-state index is -4.75. The molecule has 4 atom stereocenters. The van der Waals surface area contributed by atoms with Gasteiger partial charge in [-0.15, -0.1) is 0 Å². The highest BCUT2D eigenvalue weighted by molar-refractivity contribution is 7.91. The van der Waals surface area contributed by atoms with Crippen molar-refractivity contribution in [3.63, 3.8) is 0 Å². The monoisotopic (exact) mass is 498 g/mol. The molecule has 3 aliphatic rings. The van der Waals surface area contributed by atoms with Gasteiger partial charge >= 0.3 is 11.2 Å². The number of anilines is 1. The van der Waals surface area contributed by atoms with Gasteiger partial charge in [0.2, 0.25) is 6.20 Å². The molecule has 0 radical (unpaired) electrons. The standard InChI is InChI=1S/C22H26F3N5O3S/c1-21(10-13-5-6-15(13)21)11-29-19(17(22(23,24)25)18(28-29)12-3-4-12)20(31)27-14-7-8-30(32)16(9-14)34(2,26)33/h7-9,12-13,15,26,32H,3-6,10-11H2,1-2H3/p+1/t13?,15?,21-,34?/m1/s1. The molecule has 3 fully saturated rings. The zero-order valence-electron chi connectivity index (χ0n) is 18.9. The Bertz CT molecular complexity index is 1290. The summed E-state index contributed by atoms with van der Waals surface area (Å²) >= 11 is 0. The zero-order valence-corrected chi connectivity index (χ0v) is 19.7. The lowest BCUT2D eigenvalue weighted by molar-refractivity contribution is -0.932. The summed E-state index contributed by atoms with van der Waals surface area (Å²) in [6.45, 7) is 2.29. The molecule has 184 valence electrons. The van der Waals surface area contributed by atoms with E-state index in [0.717, 1.165) is 37.8 Å². The van der Waals surface area contributed by atoms with Gasteiger partial charge in [0, 0.05) is 35.6 Å². The van der Waals surface area contributed by atoms with Gasteiger partial charge in [0.25, 0.3) is 5.91 Å². The Kier molecular flexibility index (Phi) is 5.06. The van der Waals surface area contributed by atoms with E-state index in [-0.39, 0.29) is 34.3 Å². The van der Waals surface area contributed by atoms with E-state index in [1.54, 1.807) is 0 Å². The van der Waals surface area contributed by atoms with Crippen LogP contribution in [-0.4, -0.2) is 31.4 Å². The van der Waals surface area contributed by atoms with Crippen LogP contribution in [0, 0.1) is 22.0 Å². The third-order valence-electron chi connectivity index (χ3n) is 7.55. The van der Waals surface area contributed by atoms with Crippen LogP contribution in [-0.2, 0) is 22.5 Å². The van der Waals surface area contributed by atoms with Crippen LogP contribution >= 0.6 is 0 Å². The van der Waals surface area contributed by atoms with Crippen LogP contribution < -0.4 is 10.0 Å². The number of nitrogens with one attached hydrogen (secondary N) is 2. The molecule has 8 nitrogen and oxygen atoms in total. The van der Waals surface area contributed by atoms with Crippen LogP contribution in [0.15, 0.2) is 23.4 Å². The summed E-state index contributed by atoms with van der Waals surface area (Å²) in [5, 5.41) is 16.3. The second kappa shape index (κ2) is 7.43. The highest BCUT2D eigenvalue weighted by Crippen LogP contribution is 2.62. The second-order valence-electron chi connectivity index (χ2n) is 10.2. The Morgan fingerprint density at radius 2 is 2.09 bits per heavy atom. The van der Waals surface area contributed by atoms with Gasteiger partial charge < -0.3 is 5.32 Å². The summed E-state index contributed by atoms with van der Waals surface area (Å²) in [4.78, 5) is 13.3. The molecule has 0 aromatic carbocycles. The van der Waals surface area contributed by atoms with Crippen molar-refractivity contribution in [2.75, 3.05) is 11.6 Å². The Morgan fingerprint density at radius 3 is 2.59 bits per heavy atom. The molecule has 0 bridgehead atoms. The lowest BCUT2D eigenvalue weighted by Crippen LogP contribution is -2.54. The van der Waals surface area contributed by atoms with Crippen molar-refractivity contribution in [3.05, 3.63) is 35.3 Å². The topological polar surface area (TPSA) is 112 Å². The number of carbonyl (C=O) groups excluding carboxylic acids is 1. The van der Waals surface area contributed by atoms with Crippen molar-refractivity contribution >= 4 is 21.3 Å². The van der Waals surface area contributed by atoms with Crippen molar-refractivity contribution < 1.29 is 32.1 Å². The predicted molar refractivity (Wildman–Crippen MR) is 115 cm³/mol. The molecule has 2 heterocycles. The van der Waals surface area contributed by atoms with Gasteiger partial charge in [0.15, 0.2) is 0 Å². The van der Waals surface area contributed by atoms with Crippen LogP contribution in [0.5, 0.6) is 0 Å². The van der Waals surface area contributed by atoms with Crippen molar-refractivity contribution in [1.82, 2.24) is 9.78 Å². The summed E-state index contributed by atoms with van der Waals surface area (Å²) in [7, 11) is -3.36. The van der Waals surface area contributed by atoms with E-state index < -0.39 is 33.1 Å². The van der Waals surface area contributed by atoms with Gasteiger partial charge in [-0.2, -0.15) is 18.3 Å². The fourth-order valence-corrected chi connectivity index (χ4v) is 6.39. The van der Waals surface area contributed by atoms with Crippen LogP contribution in [0.1, 0.15) is 66.7 Å². The van der Waals surface area contributed by atoms with Crippen molar-refractivity contribution in [2.45, 2.75) is 62.7 Å². The average Bonchev–Trinajstić information content (AvgIpc) is 3.46. The van der Waals surface area contributed by atoms with E-state index in [1.807, 2.05) is 0 Å². The molecule has 12 heteroatoms. The first-order valence-corrected chi connectivity index (χ1v) is 13.2. The molecule has 5 rings (SSSR count). The number of hydrogen-bond acceptors (Lipinski definition) is 5. The second-order valence-corrected chi connectivity index (χ2v) is 12.3. The maximum absolute atomic E-state index is 14.2. The van der Waals surface area contributed by atoms with E-state index in [4.69, 9.17) is 4.78 Å². The fraction of sp³-hybridized carbons (Fsp3) is 0.591. The SMILES string of the molecule is C[C@]1(Cn2nc(C3CC3)c(C(F)(F)F)c2C(=O)Nc2cc[n+](O)c(S(C)(=N)=O)c2)CC2CCC21. The summed E-state index contributed by atoms with van der Waals surface area (Å²) in [5.41, 5.74) is -1.77. The fourth-order valence-electron chi connectivity index (χ4n) is 5.62. The van der Waals surface area contributed by atoms with Gasteiger partial charge in [-0.05, 0) is 49.4 Å². The van der Waals surface area contributed by atoms with Crippen molar-refractivity contribution in [1.29, 1.82) is 4.78 Å². The lowest BCUT2D eigenvalue weighted by Gasteiger charge is -2.60. The molecular formula is C22H27F3N5O3S+. The predicted octanol–water partition coefficient (Wildman–Crippen LogP) is 4.03. The highest BCUT2D eigenvalue weighted by Gasteiger charge is 2.56. The minimum Gasteiger partial charge on any atom is -0.320 e. The molecule has 3 unspecified atom stereocenters. The number of halogens is 3. The Morgan fingerprint density at radius 1 is 1.38 bits per heavy atom. The number of fused-ring (bicyclic) bond motifs is 1. The van der Waals surface area contributed by atoms with E-state index >= 15 is 0 Å². The molecule has 0 aliphatic heterocycles. The normalized spacial score (nSPS) is 27.8. The van der Waals surface area contributed by atoms with Crippen LogP contribution in [0.4, 0.5) is 18.9 Å². The number of hydrogen-bond donors (Lipinski definition) is 3. The van der Waals surface area contributed by atoms with Crippen LogP contribution in [0.25, 0.3) is 0 Å². The van der Waals surface area contributed by atoms with Crippen LogP contribution in [0.2, 0.25) is 0 Å². The first-order chi connectivity index (χ1) is 15.8. The highest BCUT2D eigenvalue weighted by atomic mass is 32.2. The van der Waals surface area contributed by atoms with Crippen LogP contribution in [0.3, 0.4) is 0 Å². The molecule has 34 heavy (non-hydrogen) atoms. The number of nitrogens with zero attached hydrogens (tertiary/aromatic N) is 3. The van der Waals surface area contributed by atoms with Gasteiger partial charge in [-0.3, -0.25) is 14.7 Å². The number of carbonyl (C=O) groups is 1. The lowest BCUT2D eigenvalue weighted by atomic mass is 9.45. The number of pyridine rings is 1. The van der Waals surface area contributed by atoms with Gasteiger partial charge in [0.1, 0.15) is 21.0 Å². The molecular weight excluding hydrogens is 471 g/mol. The summed E-state index contributed by atoms with van der Waals surface area (Å²) < 4.78 is 64.2. The molecule has 1 amide bonds. The summed E-state index contributed by atoms with van der Waals surface area (Å²) in [6, 6.07) is 2.38. The number of alkyl halides is 3. The maximum Gasteiger partial charge on any atom is 0.420 e. The number of aromatic nitrogens is 3. The van der Waals surface area contributed by atoms with Gasteiger partial charge in [-0.1, -0.05) is 6.92 Å². The van der Waals surface area contributed by atoms with E-state index in [1.165, 1.54) is 10.7 Å². The molecule has 2 aromatic rings. The number of rotatable bonds is 6. The molecule has 0 saturated heterocycles. The molecule has 0 spiro atoms. The number of amides is 1. The Hall–Kier alpha value is -2.63. The minimum absolute atomic E-state index is 0.0230. The Labute approximate surface area is 195 Å². The smallest absolute Gasteiger partial charge is 0.320 e. The van der Waals surface area contributed by atoms with Crippen molar-refractivity contribution in [3.8, 4) is 0 Å². The zero-order chi connectivity index (χ0) is 24.6. The first kappa shape index (κ1) is 23.1. The molecule has 3 aliphatic carbocycles. The van der Waals surface area contributed by atoms with Gasteiger partial charge in [-0.25, -0.2) is 8.99 Å². The largest absolute Gasteiger partial charge is 0.420 e.